The van der Waals surface area contributed by atoms with Crippen LogP contribution >= 0.6 is 0 Å². The lowest BCUT2D eigenvalue weighted by atomic mass is 10.0. The zero-order chi connectivity index (χ0) is 13.4. The summed E-state index contributed by atoms with van der Waals surface area (Å²) in [6.07, 6.45) is 2.36. The van der Waals surface area contributed by atoms with Crippen LogP contribution in [-0.2, 0) is 11.2 Å². The Kier molecular flexibility index (Phi) is 3.06. The maximum absolute atomic E-state index is 5.96. The molecule has 2 aromatic carbocycles. The SMILES string of the molecule is c1ccc2c(c1)Cc1cc(C3CNCCCO3)ccc1-2. The van der Waals surface area contributed by atoms with E-state index in [0.717, 1.165) is 32.5 Å². The number of hydrogen-bond donors (Lipinski definition) is 1. The molecule has 1 fully saturated rings. The number of rotatable bonds is 1. The zero-order valence-electron chi connectivity index (χ0n) is 11.6. The Labute approximate surface area is 119 Å². The quantitative estimate of drug-likeness (QED) is 0.729. The summed E-state index contributed by atoms with van der Waals surface area (Å²) < 4.78 is 5.96. The molecule has 1 atom stereocenters. The van der Waals surface area contributed by atoms with Crippen molar-refractivity contribution in [2.24, 2.45) is 0 Å². The lowest BCUT2D eigenvalue weighted by Gasteiger charge is -2.16. The van der Waals surface area contributed by atoms with Gasteiger partial charge in [0.1, 0.15) is 0 Å². The van der Waals surface area contributed by atoms with Gasteiger partial charge in [0.15, 0.2) is 0 Å². The highest BCUT2D eigenvalue weighted by atomic mass is 16.5. The van der Waals surface area contributed by atoms with Gasteiger partial charge in [-0.3, -0.25) is 0 Å². The van der Waals surface area contributed by atoms with E-state index >= 15 is 0 Å². The molecule has 0 saturated carbocycles. The van der Waals surface area contributed by atoms with Crippen LogP contribution in [0.3, 0.4) is 0 Å². The first-order valence-corrected chi connectivity index (χ1v) is 7.45. The van der Waals surface area contributed by atoms with E-state index in [1.54, 1.807) is 0 Å². The van der Waals surface area contributed by atoms with Crippen molar-refractivity contribution in [2.45, 2.75) is 18.9 Å². The minimum Gasteiger partial charge on any atom is -0.372 e. The average molecular weight is 265 g/mol. The summed E-state index contributed by atoms with van der Waals surface area (Å²) in [6, 6.07) is 15.6. The van der Waals surface area contributed by atoms with Crippen LogP contribution in [0.2, 0.25) is 0 Å². The molecule has 102 valence electrons. The monoisotopic (exact) mass is 265 g/mol. The molecule has 0 aromatic heterocycles. The van der Waals surface area contributed by atoms with Gasteiger partial charge in [0.25, 0.3) is 0 Å². The summed E-state index contributed by atoms with van der Waals surface area (Å²) in [5, 5.41) is 3.46. The van der Waals surface area contributed by atoms with Gasteiger partial charge in [-0.05, 0) is 47.2 Å². The standard InChI is InChI=1S/C18H19NO/c1-2-5-16-13(4-1)10-15-11-14(6-7-17(15)16)18-12-19-8-3-9-20-18/h1-2,4-7,11,18-19H,3,8-10,12H2. The first kappa shape index (κ1) is 12.1. The molecule has 1 heterocycles. The Morgan fingerprint density at radius 3 is 2.90 bits per heavy atom. The molecular weight excluding hydrogens is 246 g/mol. The molecule has 1 aliphatic carbocycles. The normalized spacial score (nSPS) is 21.1. The van der Waals surface area contributed by atoms with Crippen LogP contribution in [0.5, 0.6) is 0 Å². The van der Waals surface area contributed by atoms with Gasteiger partial charge in [-0.25, -0.2) is 0 Å². The fourth-order valence-corrected chi connectivity index (χ4v) is 3.29. The van der Waals surface area contributed by atoms with Gasteiger partial charge in [-0.1, -0.05) is 42.5 Å². The van der Waals surface area contributed by atoms with Gasteiger partial charge in [-0.15, -0.1) is 0 Å². The zero-order valence-corrected chi connectivity index (χ0v) is 11.6. The average Bonchev–Trinajstić information content (AvgIpc) is 2.67. The molecule has 2 aromatic rings. The summed E-state index contributed by atoms with van der Waals surface area (Å²) in [5.41, 5.74) is 6.99. The molecule has 1 N–H and O–H groups in total. The number of hydrogen-bond acceptors (Lipinski definition) is 2. The van der Waals surface area contributed by atoms with Crippen molar-refractivity contribution >= 4 is 0 Å². The topological polar surface area (TPSA) is 21.3 Å². The summed E-state index contributed by atoms with van der Waals surface area (Å²) >= 11 is 0. The minimum atomic E-state index is 0.200. The summed E-state index contributed by atoms with van der Waals surface area (Å²) in [5.74, 6) is 0. The van der Waals surface area contributed by atoms with Crippen molar-refractivity contribution in [3.8, 4) is 11.1 Å². The van der Waals surface area contributed by atoms with Crippen molar-refractivity contribution in [1.82, 2.24) is 5.32 Å². The van der Waals surface area contributed by atoms with Gasteiger partial charge in [0.2, 0.25) is 0 Å². The molecule has 0 radical (unpaired) electrons. The van der Waals surface area contributed by atoms with Crippen LogP contribution in [0.25, 0.3) is 11.1 Å². The minimum absolute atomic E-state index is 0.200. The first-order valence-electron chi connectivity index (χ1n) is 7.45. The maximum atomic E-state index is 5.96. The predicted octanol–water partition coefficient (Wildman–Crippen LogP) is 3.31. The second-order valence-electron chi connectivity index (χ2n) is 5.67. The highest BCUT2D eigenvalue weighted by Gasteiger charge is 2.21. The smallest absolute Gasteiger partial charge is 0.0949 e. The fraction of sp³-hybridized carbons (Fsp3) is 0.333. The fourth-order valence-electron chi connectivity index (χ4n) is 3.29. The predicted molar refractivity (Wildman–Crippen MR) is 80.9 cm³/mol. The van der Waals surface area contributed by atoms with Crippen LogP contribution in [0.15, 0.2) is 42.5 Å². The largest absolute Gasteiger partial charge is 0.372 e. The molecule has 4 rings (SSSR count). The van der Waals surface area contributed by atoms with E-state index in [0.29, 0.717) is 0 Å². The van der Waals surface area contributed by atoms with E-state index in [2.05, 4.69) is 47.8 Å². The van der Waals surface area contributed by atoms with E-state index in [1.165, 1.54) is 27.8 Å². The number of fused-ring (bicyclic) bond motifs is 3. The number of nitrogens with one attached hydrogen (secondary N) is 1. The van der Waals surface area contributed by atoms with Crippen molar-refractivity contribution in [2.75, 3.05) is 19.7 Å². The van der Waals surface area contributed by atoms with Gasteiger partial charge < -0.3 is 10.1 Å². The molecule has 1 aliphatic heterocycles. The van der Waals surface area contributed by atoms with Crippen LogP contribution in [0.4, 0.5) is 0 Å². The molecule has 2 aliphatic rings. The maximum Gasteiger partial charge on any atom is 0.0949 e. The third-order valence-electron chi connectivity index (χ3n) is 4.34. The van der Waals surface area contributed by atoms with E-state index in [1.807, 2.05) is 0 Å². The molecule has 1 saturated heterocycles. The van der Waals surface area contributed by atoms with Crippen LogP contribution in [0.1, 0.15) is 29.2 Å². The third-order valence-corrected chi connectivity index (χ3v) is 4.34. The molecule has 1 unspecified atom stereocenters. The van der Waals surface area contributed by atoms with E-state index in [9.17, 15) is 0 Å². The Hall–Kier alpha value is -1.64. The van der Waals surface area contributed by atoms with Gasteiger partial charge >= 0.3 is 0 Å². The summed E-state index contributed by atoms with van der Waals surface area (Å²) in [7, 11) is 0. The van der Waals surface area contributed by atoms with Crippen molar-refractivity contribution in [1.29, 1.82) is 0 Å². The first-order chi connectivity index (χ1) is 9.92. The molecule has 0 amide bonds. The van der Waals surface area contributed by atoms with Gasteiger partial charge in [0, 0.05) is 13.2 Å². The lowest BCUT2D eigenvalue weighted by Crippen LogP contribution is -2.20. The molecule has 0 spiro atoms. The second kappa shape index (κ2) is 5.04. The molecule has 2 nitrogen and oxygen atoms in total. The van der Waals surface area contributed by atoms with Gasteiger partial charge in [0.05, 0.1) is 6.10 Å². The second-order valence-corrected chi connectivity index (χ2v) is 5.67. The highest BCUT2D eigenvalue weighted by Crippen LogP contribution is 2.37. The Bertz CT molecular complexity index is 627. The highest BCUT2D eigenvalue weighted by molar-refractivity contribution is 5.76. The number of ether oxygens (including phenoxy) is 1. The van der Waals surface area contributed by atoms with E-state index in [-0.39, 0.29) is 6.10 Å². The summed E-state index contributed by atoms with van der Waals surface area (Å²) in [4.78, 5) is 0. The lowest BCUT2D eigenvalue weighted by molar-refractivity contribution is 0.0669. The van der Waals surface area contributed by atoms with Crippen molar-refractivity contribution in [3.05, 3.63) is 59.2 Å². The molecule has 20 heavy (non-hydrogen) atoms. The molecular formula is C18H19NO. The molecule has 2 heteroatoms. The van der Waals surface area contributed by atoms with Crippen molar-refractivity contribution < 1.29 is 4.74 Å². The number of benzene rings is 2. The third kappa shape index (κ3) is 2.05. The van der Waals surface area contributed by atoms with Crippen LogP contribution in [0, 0.1) is 0 Å². The Morgan fingerprint density at radius 2 is 1.90 bits per heavy atom. The molecule has 0 bridgehead atoms. The van der Waals surface area contributed by atoms with Crippen molar-refractivity contribution in [3.63, 3.8) is 0 Å². The van der Waals surface area contributed by atoms with E-state index < -0.39 is 0 Å². The van der Waals surface area contributed by atoms with Crippen LogP contribution < -0.4 is 5.32 Å². The Morgan fingerprint density at radius 1 is 1.00 bits per heavy atom. The van der Waals surface area contributed by atoms with Crippen LogP contribution in [-0.4, -0.2) is 19.7 Å². The van der Waals surface area contributed by atoms with E-state index in [4.69, 9.17) is 4.74 Å². The van der Waals surface area contributed by atoms with Gasteiger partial charge in [-0.2, -0.15) is 0 Å². The Balaban J connectivity index is 1.68. The summed E-state index contributed by atoms with van der Waals surface area (Å²) in [6.45, 7) is 2.84.